The Kier molecular flexibility index (Phi) is 6.95. The van der Waals surface area contributed by atoms with Crippen LogP contribution in [0.25, 0.3) is 0 Å². The van der Waals surface area contributed by atoms with Gasteiger partial charge in [0.1, 0.15) is 17.7 Å². The summed E-state index contributed by atoms with van der Waals surface area (Å²) in [4.78, 5) is 11.5. The van der Waals surface area contributed by atoms with E-state index in [1.54, 1.807) is 18.3 Å². The minimum Gasteiger partial charge on any atom is -0.356 e. The molecule has 1 N–H and O–H groups in total. The highest BCUT2D eigenvalue weighted by Gasteiger charge is 2.30. The summed E-state index contributed by atoms with van der Waals surface area (Å²) < 4.78 is 39.5. The summed E-state index contributed by atoms with van der Waals surface area (Å²) in [6.07, 6.45) is 3.31. The van der Waals surface area contributed by atoms with Crippen molar-refractivity contribution in [3.63, 3.8) is 0 Å². The van der Waals surface area contributed by atoms with Crippen LogP contribution in [0.15, 0.2) is 60.1 Å². The summed E-state index contributed by atoms with van der Waals surface area (Å²) in [6, 6.07) is 9.93. The molecule has 0 bridgehead atoms. The lowest BCUT2D eigenvalue weighted by Crippen LogP contribution is -2.53. The predicted molar refractivity (Wildman–Crippen MR) is 131 cm³/mol. The zero-order valence-corrected chi connectivity index (χ0v) is 19.7. The predicted octanol–water partition coefficient (Wildman–Crippen LogP) is 4.20. The van der Waals surface area contributed by atoms with Gasteiger partial charge >= 0.3 is 0 Å². The lowest BCUT2D eigenvalue weighted by Gasteiger charge is -2.45. The molecule has 1 unspecified atom stereocenters. The van der Waals surface area contributed by atoms with Crippen LogP contribution < -0.4 is 10.3 Å². The second kappa shape index (κ2) is 10.3. The number of halogens is 3. The lowest BCUT2D eigenvalue weighted by molar-refractivity contribution is 0.0737. The van der Waals surface area contributed by atoms with Crippen molar-refractivity contribution in [1.29, 1.82) is 0 Å². The monoisotopic (exact) mass is 484 g/mol. The van der Waals surface area contributed by atoms with Crippen molar-refractivity contribution in [1.82, 2.24) is 20.2 Å². The molecule has 3 aliphatic rings. The number of aromatic nitrogens is 1. The van der Waals surface area contributed by atoms with Gasteiger partial charge in [0, 0.05) is 56.1 Å². The van der Waals surface area contributed by atoms with Crippen LogP contribution in [0.4, 0.5) is 18.9 Å². The molecular weight excluding hydrogens is 453 g/mol. The zero-order valence-electron chi connectivity index (χ0n) is 19.7. The normalized spacial score (nSPS) is 21.0. The number of hydrogen-bond donors (Lipinski definition) is 1. The number of hydrogen-bond acceptors (Lipinski definition) is 6. The molecule has 2 aliphatic heterocycles. The Morgan fingerprint density at radius 2 is 1.83 bits per heavy atom. The van der Waals surface area contributed by atoms with E-state index in [1.165, 1.54) is 31.4 Å². The molecule has 1 aromatic carbocycles. The molecule has 0 radical (unpaired) electrons. The maximum Gasteiger partial charge on any atom is 0.260 e. The van der Waals surface area contributed by atoms with Gasteiger partial charge in [0.05, 0.1) is 18.0 Å². The molecule has 1 aliphatic carbocycles. The highest BCUT2D eigenvalue weighted by Crippen LogP contribution is 2.28. The first-order chi connectivity index (χ1) is 17.0. The van der Waals surface area contributed by atoms with Crippen LogP contribution in [0.3, 0.4) is 0 Å². The molecule has 35 heavy (non-hydrogen) atoms. The van der Waals surface area contributed by atoms with E-state index in [0.717, 1.165) is 55.0 Å². The van der Waals surface area contributed by atoms with Crippen LogP contribution in [0.5, 0.6) is 0 Å². The molecule has 2 fully saturated rings. The van der Waals surface area contributed by atoms with E-state index < -0.39 is 12.5 Å². The molecule has 3 heterocycles. The van der Waals surface area contributed by atoms with Gasteiger partial charge < -0.3 is 15.2 Å². The van der Waals surface area contributed by atoms with E-state index in [9.17, 15) is 13.2 Å². The summed E-state index contributed by atoms with van der Waals surface area (Å²) in [7, 11) is 0. The summed E-state index contributed by atoms with van der Waals surface area (Å²) >= 11 is 0. The first kappa shape index (κ1) is 23.7. The summed E-state index contributed by atoms with van der Waals surface area (Å²) in [5.41, 5.74) is 5.44. The van der Waals surface area contributed by atoms with Gasteiger partial charge in [-0.2, -0.15) is 5.10 Å². The Morgan fingerprint density at radius 3 is 2.40 bits per heavy atom. The number of rotatable bonds is 8. The molecule has 5 rings (SSSR count). The van der Waals surface area contributed by atoms with E-state index >= 15 is 0 Å². The van der Waals surface area contributed by atoms with Gasteiger partial charge in [0.2, 0.25) is 0 Å². The number of hydrazone groups is 1. The Balaban J connectivity index is 1.28. The molecule has 1 atom stereocenters. The summed E-state index contributed by atoms with van der Waals surface area (Å²) in [5.74, 6) is 0.573. The second-order valence-electron chi connectivity index (χ2n) is 9.46. The van der Waals surface area contributed by atoms with Gasteiger partial charge in [-0.3, -0.25) is 9.88 Å². The first-order valence-electron chi connectivity index (χ1n) is 12.2. The molecule has 1 saturated carbocycles. The fourth-order valence-corrected chi connectivity index (χ4v) is 4.86. The summed E-state index contributed by atoms with van der Waals surface area (Å²) in [5, 5.41) is 4.05. The number of nitrogens with zero attached hydrogens (tertiary/aromatic N) is 5. The van der Waals surface area contributed by atoms with Crippen molar-refractivity contribution in [3.05, 3.63) is 72.1 Å². The van der Waals surface area contributed by atoms with Crippen LogP contribution in [0.1, 0.15) is 36.9 Å². The average molecular weight is 485 g/mol. The smallest absolute Gasteiger partial charge is 0.260 e. The van der Waals surface area contributed by atoms with Gasteiger partial charge in [-0.1, -0.05) is 13.0 Å². The van der Waals surface area contributed by atoms with Gasteiger partial charge in [-0.15, -0.1) is 0 Å². The second-order valence-corrected chi connectivity index (χ2v) is 9.46. The fourth-order valence-electron chi connectivity index (χ4n) is 4.86. The Bertz CT molecular complexity index is 1040. The Hall–Kier alpha value is -3.07. The van der Waals surface area contributed by atoms with Gasteiger partial charge in [0.15, 0.2) is 0 Å². The van der Waals surface area contributed by atoms with Crippen LogP contribution >= 0.6 is 0 Å². The average Bonchev–Trinajstić information content (AvgIpc) is 3.34. The first-order valence-corrected chi connectivity index (χ1v) is 12.2. The van der Waals surface area contributed by atoms with Crippen LogP contribution in [0, 0.1) is 5.82 Å². The molecule has 0 spiro atoms. The third-order valence-electron chi connectivity index (χ3n) is 7.28. The van der Waals surface area contributed by atoms with E-state index in [0.29, 0.717) is 12.3 Å². The number of nitrogens with one attached hydrogen (secondary N) is 1. The number of alkyl halides is 2. The minimum atomic E-state index is -2.46. The van der Waals surface area contributed by atoms with E-state index in [-0.39, 0.29) is 12.2 Å². The molecule has 2 aromatic rings. The van der Waals surface area contributed by atoms with Crippen molar-refractivity contribution < 1.29 is 13.2 Å². The van der Waals surface area contributed by atoms with Crippen molar-refractivity contribution in [3.8, 4) is 0 Å². The molecule has 0 amide bonds. The third kappa shape index (κ3) is 5.29. The largest absolute Gasteiger partial charge is 0.356 e. The topological polar surface area (TPSA) is 47.0 Å². The minimum absolute atomic E-state index is 0.171. The third-order valence-corrected chi connectivity index (χ3v) is 7.28. The number of pyridine rings is 1. The molecule has 1 aromatic heterocycles. The van der Waals surface area contributed by atoms with E-state index in [1.807, 2.05) is 12.1 Å². The molecule has 1 saturated heterocycles. The van der Waals surface area contributed by atoms with Crippen LogP contribution in [0.2, 0.25) is 0 Å². The van der Waals surface area contributed by atoms with Crippen molar-refractivity contribution >= 4 is 11.4 Å². The van der Waals surface area contributed by atoms with Gasteiger partial charge in [0.25, 0.3) is 6.43 Å². The maximum absolute atomic E-state index is 13.6. The van der Waals surface area contributed by atoms with Crippen LogP contribution in [-0.2, 0) is 6.54 Å². The number of anilines is 1. The van der Waals surface area contributed by atoms with Crippen molar-refractivity contribution in [2.75, 3.05) is 31.1 Å². The zero-order chi connectivity index (χ0) is 24.4. The van der Waals surface area contributed by atoms with E-state index in [4.69, 9.17) is 0 Å². The molecule has 6 nitrogen and oxygen atoms in total. The molecular formula is C26H31F3N6. The number of piperazine rings is 1. The fraction of sp³-hybridized carbons (Fsp3) is 0.462. The van der Waals surface area contributed by atoms with Gasteiger partial charge in [-0.25, -0.2) is 13.2 Å². The maximum atomic E-state index is 13.6. The molecule has 186 valence electrons. The Morgan fingerprint density at radius 1 is 1.09 bits per heavy atom. The van der Waals surface area contributed by atoms with E-state index in [2.05, 4.69) is 36.8 Å². The highest BCUT2D eigenvalue weighted by atomic mass is 19.3. The van der Waals surface area contributed by atoms with Crippen molar-refractivity contribution in [2.45, 2.75) is 50.7 Å². The SMILES string of the molecule is C=C(N1CCN(C2CCC2)CC1)N(Cc1ccc(C2=NNC(C(F)F)C2)cn1)c1ccc(F)cc1. The summed E-state index contributed by atoms with van der Waals surface area (Å²) in [6.45, 7) is 8.69. The highest BCUT2D eigenvalue weighted by molar-refractivity contribution is 6.01. The van der Waals surface area contributed by atoms with Gasteiger partial charge in [-0.05, 0) is 49.2 Å². The van der Waals surface area contributed by atoms with Crippen molar-refractivity contribution in [2.24, 2.45) is 5.10 Å². The van der Waals surface area contributed by atoms with Crippen LogP contribution in [-0.4, -0.2) is 65.2 Å². The quantitative estimate of drug-likeness (QED) is 0.609. The number of benzene rings is 1. The Labute approximate surface area is 204 Å². The standard InChI is InChI=1S/C26H31F3N6/c1-18(33-11-13-34(14-12-33)22-3-2-4-22)35(23-9-6-20(27)7-10-23)17-21-8-5-19(16-30-21)24-15-25(26(28)29)32-31-24/h5-10,16,22,25-26,32H,1-4,11-15,17H2. The lowest BCUT2D eigenvalue weighted by atomic mass is 9.91. The molecule has 9 heteroatoms.